The summed E-state index contributed by atoms with van der Waals surface area (Å²) in [6.07, 6.45) is 3.30. The lowest BCUT2D eigenvalue weighted by atomic mass is 10.2. The molecule has 1 aliphatic heterocycles. The molecule has 160 valence electrons. The number of amidine groups is 1. The topological polar surface area (TPSA) is 109 Å². The van der Waals surface area contributed by atoms with Crippen molar-refractivity contribution >= 4 is 40.6 Å². The van der Waals surface area contributed by atoms with E-state index in [1.807, 2.05) is 0 Å². The number of benzene rings is 2. The Labute approximate surface area is 183 Å². The Morgan fingerprint density at radius 2 is 2.06 bits per heavy atom. The second kappa shape index (κ2) is 9.86. The first-order valence-corrected chi connectivity index (χ1v) is 9.95. The average molecular weight is 440 g/mol. The molecule has 8 nitrogen and oxygen atoms in total. The van der Waals surface area contributed by atoms with Crippen molar-refractivity contribution in [2.45, 2.75) is 0 Å². The predicted molar refractivity (Wildman–Crippen MR) is 119 cm³/mol. The lowest BCUT2D eigenvalue weighted by Gasteiger charge is -2.12. The number of carboxylic acid groups (broad SMARTS) is 1. The molecule has 3 rings (SSSR count). The van der Waals surface area contributed by atoms with E-state index in [9.17, 15) is 14.7 Å². The van der Waals surface area contributed by atoms with Gasteiger partial charge in [-0.1, -0.05) is 18.2 Å². The van der Waals surface area contributed by atoms with Crippen LogP contribution in [0.3, 0.4) is 0 Å². The van der Waals surface area contributed by atoms with Gasteiger partial charge in [0.25, 0.3) is 5.91 Å². The Morgan fingerprint density at radius 1 is 1.26 bits per heavy atom. The van der Waals surface area contributed by atoms with Crippen molar-refractivity contribution in [1.82, 2.24) is 4.90 Å². The molecule has 31 heavy (non-hydrogen) atoms. The highest BCUT2D eigenvalue weighted by Gasteiger charge is 2.32. The van der Waals surface area contributed by atoms with E-state index in [2.05, 4.69) is 11.6 Å². The van der Waals surface area contributed by atoms with E-state index in [0.29, 0.717) is 27.1 Å². The smallest absolute Gasteiger partial charge is 0.341 e. The highest BCUT2D eigenvalue weighted by molar-refractivity contribution is 8.18. The minimum atomic E-state index is -1.10. The zero-order chi connectivity index (χ0) is 22.4. The number of hydrogen-bond acceptors (Lipinski definition) is 7. The Kier molecular flexibility index (Phi) is 6.99. The van der Waals surface area contributed by atoms with Gasteiger partial charge >= 0.3 is 5.97 Å². The maximum absolute atomic E-state index is 12.9. The number of thioether (sulfide) groups is 1. The fraction of sp³-hybridized carbons (Fsp3) is 0.136. The molecule has 0 aromatic heterocycles. The normalized spacial score (nSPS) is 16.0. The summed E-state index contributed by atoms with van der Waals surface area (Å²) in [5.74, 6) is -0.602. The van der Waals surface area contributed by atoms with Crippen LogP contribution in [0.2, 0.25) is 0 Å². The molecule has 0 aliphatic carbocycles. The number of phenols is 1. The second-order valence-electron chi connectivity index (χ2n) is 6.32. The molecule has 2 aromatic rings. The first-order valence-electron chi connectivity index (χ1n) is 9.14. The molecule has 2 aromatic carbocycles. The summed E-state index contributed by atoms with van der Waals surface area (Å²) >= 11 is 1.20. The van der Waals surface area contributed by atoms with E-state index < -0.39 is 12.6 Å². The first-order chi connectivity index (χ1) is 14.9. The quantitative estimate of drug-likeness (QED) is 0.476. The van der Waals surface area contributed by atoms with E-state index in [-0.39, 0.29) is 24.0 Å². The predicted octanol–water partition coefficient (Wildman–Crippen LogP) is 3.65. The Balaban J connectivity index is 1.90. The van der Waals surface area contributed by atoms with Gasteiger partial charge in [0.15, 0.2) is 23.3 Å². The van der Waals surface area contributed by atoms with Crippen molar-refractivity contribution in [3.63, 3.8) is 0 Å². The second-order valence-corrected chi connectivity index (χ2v) is 7.33. The van der Waals surface area contributed by atoms with Crippen LogP contribution in [0.5, 0.6) is 17.2 Å². The molecular weight excluding hydrogens is 420 g/mol. The molecule has 0 bridgehead atoms. The number of rotatable bonds is 8. The molecule has 0 unspecified atom stereocenters. The summed E-state index contributed by atoms with van der Waals surface area (Å²) in [7, 11) is 1.45. The SMILES string of the molecule is C=CCN1C(=O)/C(=C\c2ccc(OCC(=O)O)c(OC)c2)SC1=Nc1cccc(O)c1. The van der Waals surface area contributed by atoms with Gasteiger partial charge in [-0.05, 0) is 47.7 Å². The van der Waals surface area contributed by atoms with E-state index in [4.69, 9.17) is 14.6 Å². The molecule has 0 atom stereocenters. The number of aromatic hydroxyl groups is 1. The number of methoxy groups -OCH3 is 1. The first kappa shape index (κ1) is 22.0. The molecule has 0 saturated carbocycles. The monoisotopic (exact) mass is 440 g/mol. The maximum Gasteiger partial charge on any atom is 0.341 e. The standard InChI is InChI=1S/C22H20N2O6S/c1-3-9-24-21(28)19(31-22(24)23-15-5-4-6-16(25)12-15)11-14-7-8-17(18(10-14)29-2)30-13-20(26)27/h3-8,10-12,25H,1,9,13H2,2H3,(H,26,27)/b19-11+,23-22?. The zero-order valence-corrected chi connectivity index (χ0v) is 17.5. The minimum Gasteiger partial charge on any atom is -0.508 e. The number of carbonyl (C=O) groups is 2. The van der Waals surface area contributed by atoms with Crippen molar-refractivity contribution in [2.75, 3.05) is 20.3 Å². The van der Waals surface area contributed by atoms with Crippen LogP contribution in [-0.2, 0) is 9.59 Å². The van der Waals surface area contributed by atoms with E-state index in [1.165, 1.54) is 29.8 Å². The van der Waals surface area contributed by atoms with Gasteiger partial charge in [-0.2, -0.15) is 0 Å². The van der Waals surface area contributed by atoms with Crippen LogP contribution >= 0.6 is 11.8 Å². The third-order valence-corrected chi connectivity index (χ3v) is 5.10. The van der Waals surface area contributed by atoms with Crippen molar-refractivity contribution in [3.8, 4) is 17.2 Å². The van der Waals surface area contributed by atoms with Gasteiger partial charge in [-0.15, -0.1) is 6.58 Å². The lowest BCUT2D eigenvalue weighted by molar-refractivity contribution is -0.139. The van der Waals surface area contributed by atoms with Gasteiger partial charge in [0.05, 0.1) is 17.7 Å². The number of aliphatic imine (C=N–C) groups is 1. The van der Waals surface area contributed by atoms with Gasteiger partial charge in [-0.3, -0.25) is 9.69 Å². The molecule has 1 fully saturated rings. The molecule has 1 heterocycles. The summed E-state index contributed by atoms with van der Waals surface area (Å²) in [5.41, 5.74) is 1.19. The summed E-state index contributed by atoms with van der Waals surface area (Å²) in [6, 6.07) is 11.4. The van der Waals surface area contributed by atoms with Gasteiger partial charge in [-0.25, -0.2) is 9.79 Å². The molecule has 1 saturated heterocycles. The molecule has 0 spiro atoms. The number of phenolic OH excluding ortho intramolecular Hbond substituents is 1. The van der Waals surface area contributed by atoms with Crippen LogP contribution < -0.4 is 9.47 Å². The number of ether oxygens (including phenoxy) is 2. The summed E-state index contributed by atoms with van der Waals surface area (Å²) in [4.78, 5) is 30.0. The third-order valence-electron chi connectivity index (χ3n) is 4.09. The van der Waals surface area contributed by atoms with Crippen LogP contribution in [0.15, 0.2) is 65.0 Å². The lowest BCUT2D eigenvalue weighted by Crippen LogP contribution is -2.29. The molecule has 1 amide bonds. The van der Waals surface area contributed by atoms with Gasteiger partial charge < -0.3 is 19.7 Å². The number of carbonyl (C=O) groups excluding carboxylic acids is 1. The molecule has 1 aliphatic rings. The van der Waals surface area contributed by atoms with Gasteiger partial charge in [0.1, 0.15) is 5.75 Å². The fourth-order valence-electron chi connectivity index (χ4n) is 2.74. The van der Waals surface area contributed by atoms with Crippen LogP contribution in [-0.4, -0.2) is 52.4 Å². The van der Waals surface area contributed by atoms with Crippen LogP contribution in [0.4, 0.5) is 5.69 Å². The average Bonchev–Trinajstić information content (AvgIpc) is 3.01. The highest BCUT2D eigenvalue weighted by atomic mass is 32.2. The Hall–Kier alpha value is -3.72. The number of hydrogen-bond donors (Lipinski definition) is 2. The summed E-state index contributed by atoms with van der Waals surface area (Å²) in [5, 5.41) is 18.9. The van der Waals surface area contributed by atoms with Gasteiger partial charge in [0, 0.05) is 12.6 Å². The van der Waals surface area contributed by atoms with Gasteiger partial charge in [0.2, 0.25) is 0 Å². The number of amides is 1. The Bertz CT molecular complexity index is 1080. The largest absolute Gasteiger partial charge is 0.508 e. The minimum absolute atomic E-state index is 0.0829. The third kappa shape index (κ3) is 5.46. The van der Waals surface area contributed by atoms with Crippen molar-refractivity contribution in [2.24, 2.45) is 4.99 Å². The fourth-order valence-corrected chi connectivity index (χ4v) is 3.75. The van der Waals surface area contributed by atoms with E-state index in [0.717, 1.165) is 0 Å². The number of nitrogens with zero attached hydrogens (tertiary/aromatic N) is 2. The maximum atomic E-state index is 12.9. The summed E-state index contributed by atoms with van der Waals surface area (Å²) < 4.78 is 10.5. The summed E-state index contributed by atoms with van der Waals surface area (Å²) in [6.45, 7) is 3.49. The van der Waals surface area contributed by atoms with E-state index in [1.54, 1.807) is 48.6 Å². The van der Waals surface area contributed by atoms with Crippen molar-refractivity contribution in [1.29, 1.82) is 0 Å². The van der Waals surface area contributed by atoms with Crippen LogP contribution in [0.25, 0.3) is 6.08 Å². The molecular formula is C22H20N2O6S. The zero-order valence-electron chi connectivity index (χ0n) is 16.6. The van der Waals surface area contributed by atoms with Crippen molar-refractivity contribution in [3.05, 3.63) is 65.6 Å². The van der Waals surface area contributed by atoms with Crippen molar-refractivity contribution < 1.29 is 29.3 Å². The van der Waals surface area contributed by atoms with E-state index >= 15 is 0 Å². The number of carboxylic acids is 1. The highest BCUT2D eigenvalue weighted by Crippen LogP contribution is 2.36. The Morgan fingerprint density at radius 3 is 2.74 bits per heavy atom. The molecule has 2 N–H and O–H groups in total. The van der Waals surface area contributed by atoms with Crippen LogP contribution in [0, 0.1) is 0 Å². The molecule has 9 heteroatoms. The number of aliphatic carboxylic acids is 1. The molecule has 0 radical (unpaired) electrons. The van der Waals surface area contributed by atoms with Crippen LogP contribution in [0.1, 0.15) is 5.56 Å².